The third-order valence-corrected chi connectivity index (χ3v) is 5.08. The van der Waals surface area contributed by atoms with Crippen LogP contribution in [0.5, 0.6) is 0 Å². The lowest BCUT2D eigenvalue weighted by Crippen LogP contribution is -2.24. The van der Waals surface area contributed by atoms with Gasteiger partial charge in [0.25, 0.3) is 0 Å². The van der Waals surface area contributed by atoms with Gasteiger partial charge in [0.05, 0.1) is 34.0 Å². The molecule has 1 aliphatic heterocycles. The second-order valence-electron chi connectivity index (χ2n) is 5.40. The van der Waals surface area contributed by atoms with E-state index in [2.05, 4.69) is 6.07 Å². The number of benzene rings is 2. The Labute approximate surface area is 154 Å². The summed E-state index contributed by atoms with van der Waals surface area (Å²) in [5.74, 6) is 0.0259. The average molecular weight is 369 g/mol. The molecule has 4 nitrogen and oxygen atoms in total. The molecule has 1 fully saturated rings. The first-order valence-corrected chi connectivity index (χ1v) is 8.87. The summed E-state index contributed by atoms with van der Waals surface area (Å²) >= 11 is 7.40. The molecule has 0 aromatic heterocycles. The number of nitriles is 1. The second-order valence-corrected chi connectivity index (χ2v) is 6.81. The Morgan fingerprint density at radius 2 is 1.96 bits per heavy atom. The summed E-state index contributed by atoms with van der Waals surface area (Å²) < 4.78 is 0. The van der Waals surface area contributed by atoms with Gasteiger partial charge in [-0.1, -0.05) is 47.6 Å². The van der Waals surface area contributed by atoms with E-state index < -0.39 is 0 Å². The minimum absolute atomic E-state index is 0.0485. The number of hydrogen-bond acceptors (Lipinski definition) is 4. The monoisotopic (exact) mass is 368 g/mol. The van der Waals surface area contributed by atoms with Gasteiger partial charge in [0.2, 0.25) is 5.91 Å². The van der Waals surface area contributed by atoms with Crippen LogP contribution in [0, 0.1) is 11.3 Å². The lowest BCUT2D eigenvalue weighted by Gasteiger charge is -2.17. The molecule has 1 amide bonds. The van der Waals surface area contributed by atoms with E-state index in [0.29, 0.717) is 33.5 Å². The summed E-state index contributed by atoms with van der Waals surface area (Å²) in [6.07, 6.45) is 1.46. The van der Waals surface area contributed by atoms with Gasteiger partial charge in [-0.25, -0.2) is 0 Å². The Hall–Kier alpha value is -2.55. The van der Waals surface area contributed by atoms with Crippen LogP contribution in [0.15, 0.2) is 59.6 Å². The summed E-state index contributed by atoms with van der Waals surface area (Å²) in [6.45, 7) is 0.360. The van der Waals surface area contributed by atoms with Crippen molar-refractivity contribution in [3.05, 3.63) is 81.3 Å². The zero-order valence-electron chi connectivity index (χ0n) is 13.1. The van der Waals surface area contributed by atoms with Crippen LogP contribution in [0.3, 0.4) is 0 Å². The molecule has 0 radical (unpaired) electrons. The Kier molecular flexibility index (Phi) is 5.22. The zero-order chi connectivity index (χ0) is 17.8. The maximum Gasteiger partial charge on any atom is 0.238 e. The van der Waals surface area contributed by atoms with Gasteiger partial charge in [-0.3, -0.25) is 9.59 Å². The number of allylic oxidation sites excluding steroid dienone is 1. The number of nitrogens with zero attached hydrogens (tertiary/aromatic N) is 2. The number of rotatable bonds is 4. The highest BCUT2D eigenvalue weighted by atomic mass is 35.5. The van der Waals surface area contributed by atoms with Crippen molar-refractivity contribution in [2.75, 3.05) is 5.75 Å². The zero-order valence-corrected chi connectivity index (χ0v) is 14.7. The number of halogens is 1. The quantitative estimate of drug-likeness (QED) is 0.604. The van der Waals surface area contributed by atoms with Gasteiger partial charge >= 0.3 is 0 Å². The van der Waals surface area contributed by atoms with E-state index in [1.807, 2.05) is 12.1 Å². The smallest absolute Gasteiger partial charge is 0.238 e. The first-order chi connectivity index (χ1) is 12.1. The van der Waals surface area contributed by atoms with Crippen molar-refractivity contribution in [3.63, 3.8) is 0 Å². The Bertz CT molecular complexity index is 900. The molecule has 3 rings (SSSR count). The Morgan fingerprint density at radius 3 is 2.64 bits per heavy atom. The van der Waals surface area contributed by atoms with Gasteiger partial charge in [0.1, 0.15) is 0 Å². The SMILES string of the molecule is N#Cc1ccc(CN2C(=O)CSC2=CC(=O)c2ccccc2Cl)cc1. The molecule has 1 saturated heterocycles. The van der Waals surface area contributed by atoms with Gasteiger partial charge in [-0.15, -0.1) is 0 Å². The Morgan fingerprint density at radius 1 is 1.24 bits per heavy atom. The molecule has 0 spiro atoms. The first-order valence-electron chi connectivity index (χ1n) is 7.51. The Balaban J connectivity index is 1.82. The topological polar surface area (TPSA) is 61.2 Å². The maximum atomic E-state index is 12.5. The molecule has 2 aromatic carbocycles. The minimum atomic E-state index is -0.229. The second kappa shape index (κ2) is 7.56. The molecule has 0 saturated carbocycles. The highest BCUT2D eigenvalue weighted by Crippen LogP contribution is 2.31. The number of hydrogen-bond donors (Lipinski definition) is 0. The van der Waals surface area contributed by atoms with Gasteiger partial charge in [-0.05, 0) is 29.8 Å². The largest absolute Gasteiger partial charge is 0.301 e. The fourth-order valence-electron chi connectivity index (χ4n) is 2.42. The van der Waals surface area contributed by atoms with Crippen molar-refractivity contribution in [2.24, 2.45) is 0 Å². The van der Waals surface area contributed by atoms with Crippen LogP contribution in [0.25, 0.3) is 0 Å². The van der Waals surface area contributed by atoms with Crippen LogP contribution in [-0.4, -0.2) is 22.3 Å². The van der Waals surface area contributed by atoms with Crippen LogP contribution >= 0.6 is 23.4 Å². The summed E-state index contributed by atoms with van der Waals surface area (Å²) in [4.78, 5) is 26.2. The van der Waals surface area contributed by atoms with Crippen molar-refractivity contribution in [3.8, 4) is 6.07 Å². The maximum absolute atomic E-state index is 12.5. The van der Waals surface area contributed by atoms with Crippen molar-refractivity contribution < 1.29 is 9.59 Å². The van der Waals surface area contributed by atoms with Crippen LogP contribution in [0.1, 0.15) is 21.5 Å². The molecular formula is C19H13ClN2O2S. The summed E-state index contributed by atoms with van der Waals surface area (Å²) in [6, 6.07) is 15.9. The van der Waals surface area contributed by atoms with Crippen molar-refractivity contribution in [1.29, 1.82) is 5.26 Å². The number of carbonyl (C=O) groups excluding carboxylic acids is 2. The molecular weight excluding hydrogens is 356 g/mol. The van der Waals surface area contributed by atoms with Crippen LogP contribution < -0.4 is 0 Å². The van der Waals surface area contributed by atoms with Crippen LogP contribution in [0.2, 0.25) is 5.02 Å². The molecule has 0 bridgehead atoms. The van der Waals surface area contributed by atoms with Gasteiger partial charge in [-0.2, -0.15) is 5.26 Å². The molecule has 1 heterocycles. The number of thioether (sulfide) groups is 1. The normalized spacial score (nSPS) is 15.4. The van der Waals surface area contributed by atoms with Crippen molar-refractivity contribution in [2.45, 2.75) is 6.54 Å². The van der Waals surface area contributed by atoms with E-state index in [9.17, 15) is 9.59 Å². The molecule has 0 atom stereocenters. The lowest BCUT2D eigenvalue weighted by atomic mass is 10.1. The first kappa shape index (κ1) is 17.3. The van der Waals surface area contributed by atoms with Crippen LogP contribution in [-0.2, 0) is 11.3 Å². The van der Waals surface area contributed by atoms with Gasteiger partial charge < -0.3 is 4.90 Å². The van der Waals surface area contributed by atoms with E-state index in [0.717, 1.165) is 5.56 Å². The fourth-order valence-corrected chi connectivity index (χ4v) is 3.59. The summed E-state index contributed by atoms with van der Waals surface area (Å²) in [5, 5.41) is 9.85. The van der Waals surface area contributed by atoms with Gasteiger partial charge in [0, 0.05) is 11.6 Å². The molecule has 0 unspecified atom stereocenters. The van der Waals surface area contributed by atoms with Crippen LogP contribution in [0.4, 0.5) is 0 Å². The van der Waals surface area contributed by atoms with E-state index in [1.165, 1.54) is 17.8 Å². The minimum Gasteiger partial charge on any atom is -0.301 e. The lowest BCUT2D eigenvalue weighted by molar-refractivity contribution is -0.125. The molecule has 1 aliphatic rings. The molecule has 0 N–H and O–H groups in total. The molecule has 0 aliphatic carbocycles. The summed E-state index contributed by atoms with van der Waals surface area (Å²) in [5.41, 5.74) is 1.87. The van der Waals surface area contributed by atoms with E-state index in [4.69, 9.17) is 16.9 Å². The van der Waals surface area contributed by atoms with E-state index in [-0.39, 0.29) is 11.7 Å². The summed E-state index contributed by atoms with van der Waals surface area (Å²) in [7, 11) is 0. The van der Waals surface area contributed by atoms with E-state index in [1.54, 1.807) is 41.3 Å². The van der Waals surface area contributed by atoms with E-state index >= 15 is 0 Å². The highest BCUT2D eigenvalue weighted by Gasteiger charge is 2.27. The third-order valence-electron chi connectivity index (χ3n) is 3.73. The van der Waals surface area contributed by atoms with Crippen molar-refractivity contribution >= 4 is 35.1 Å². The highest BCUT2D eigenvalue weighted by molar-refractivity contribution is 8.04. The average Bonchev–Trinajstić information content (AvgIpc) is 2.96. The fraction of sp³-hybridized carbons (Fsp3) is 0.105. The molecule has 124 valence electrons. The molecule has 2 aromatic rings. The number of ketones is 1. The standard InChI is InChI=1S/C19H13ClN2O2S/c20-16-4-2-1-3-15(16)17(23)9-19-22(18(24)12-25-19)11-14-7-5-13(10-21)6-8-14/h1-9H,11-12H2. The number of amides is 1. The van der Waals surface area contributed by atoms with Crippen molar-refractivity contribution in [1.82, 2.24) is 4.90 Å². The molecule has 6 heteroatoms. The predicted molar refractivity (Wildman–Crippen MR) is 98.0 cm³/mol. The third kappa shape index (κ3) is 3.93. The number of carbonyl (C=O) groups is 2. The molecule has 25 heavy (non-hydrogen) atoms. The van der Waals surface area contributed by atoms with Gasteiger partial charge in [0.15, 0.2) is 5.78 Å². The predicted octanol–water partition coefficient (Wildman–Crippen LogP) is 4.01.